The first-order valence-electron chi connectivity index (χ1n) is 7.50. The summed E-state index contributed by atoms with van der Waals surface area (Å²) in [5, 5.41) is 3.43. The van der Waals surface area contributed by atoms with Gasteiger partial charge in [0.05, 0.1) is 11.4 Å². The fourth-order valence-electron chi connectivity index (χ4n) is 2.59. The molecule has 0 atom stereocenters. The number of benzene rings is 2. The van der Waals surface area contributed by atoms with Gasteiger partial charge in [-0.25, -0.2) is 21.9 Å². The predicted molar refractivity (Wildman–Crippen MR) is 94.7 cm³/mol. The van der Waals surface area contributed by atoms with Crippen molar-refractivity contribution in [3.05, 3.63) is 64.3 Å². The molecule has 3 rings (SSSR count). The lowest BCUT2D eigenvalue weighted by atomic mass is 10.1. The van der Waals surface area contributed by atoms with E-state index in [4.69, 9.17) is 0 Å². The van der Waals surface area contributed by atoms with Crippen molar-refractivity contribution < 1.29 is 30.4 Å². The third-order valence-corrected chi connectivity index (χ3v) is 5.34. The fraction of sp³-hybridized carbons (Fsp3) is 0.118. The van der Waals surface area contributed by atoms with Gasteiger partial charge in [-0.05, 0) is 18.2 Å². The summed E-state index contributed by atoms with van der Waals surface area (Å²) in [5.41, 5.74) is -1.45. The number of halogens is 6. The third kappa shape index (κ3) is 3.95. The number of alkyl halides is 3. The first-order chi connectivity index (χ1) is 12.9. The number of sulfone groups is 1. The van der Waals surface area contributed by atoms with Crippen molar-refractivity contribution in [2.75, 3.05) is 6.26 Å². The van der Waals surface area contributed by atoms with Crippen LogP contribution in [0.2, 0.25) is 0 Å². The van der Waals surface area contributed by atoms with Gasteiger partial charge in [-0.3, -0.25) is 0 Å². The molecule has 0 aliphatic carbocycles. The largest absolute Gasteiger partial charge is 0.435 e. The third-order valence-electron chi connectivity index (χ3n) is 3.72. The average molecular weight is 481 g/mol. The van der Waals surface area contributed by atoms with Gasteiger partial charge in [0.1, 0.15) is 16.5 Å². The molecule has 0 amide bonds. The van der Waals surface area contributed by atoms with E-state index in [9.17, 15) is 30.4 Å². The van der Waals surface area contributed by atoms with E-state index < -0.39 is 43.9 Å². The maximum atomic E-state index is 14.2. The molecule has 28 heavy (non-hydrogen) atoms. The van der Waals surface area contributed by atoms with E-state index >= 15 is 0 Å². The highest BCUT2D eigenvalue weighted by Gasteiger charge is 2.35. The first kappa shape index (κ1) is 20.5. The van der Waals surface area contributed by atoms with E-state index in [2.05, 4.69) is 21.0 Å². The van der Waals surface area contributed by atoms with Gasteiger partial charge in [0.25, 0.3) is 0 Å². The lowest BCUT2D eigenvalue weighted by Crippen LogP contribution is -2.09. The van der Waals surface area contributed by atoms with Crippen LogP contribution in [0.25, 0.3) is 16.9 Å². The second-order valence-electron chi connectivity index (χ2n) is 5.85. The Kier molecular flexibility index (Phi) is 5.09. The Bertz CT molecular complexity index is 1150. The van der Waals surface area contributed by atoms with Gasteiger partial charge >= 0.3 is 6.18 Å². The molecular formula is C17H10BrF5N2O2S. The summed E-state index contributed by atoms with van der Waals surface area (Å²) >= 11 is 3.20. The van der Waals surface area contributed by atoms with Crippen LogP contribution in [-0.4, -0.2) is 24.5 Å². The van der Waals surface area contributed by atoms with Crippen molar-refractivity contribution in [3.63, 3.8) is 0 Å². The zero-order valence-corrected chi connectivity index (χ0v) is 16.3. The molecule has 0 bridgehead atoms. The Labute approximate surface area is 164 Å². The summed E-state index contributed by atoms with van der Waals surface area (Å²) < 4.78 is 92.3. The Morgan fingerprint density at radius 1 is 1.04 bits per heavy atom. The predicted octanol–water partition coefficient (Wildman–Crippen LogP) is 5.00. The van der Waals surface area contributed by atoms with Gasteiger partial charge in [0.15, 0.2) is 15.5 Å². The molecule has 0 saturated heterocycles. The standard InChI is InChI=1S/C17H10BrF5N2O2S/c1-28(26,27)16-12(19)6-11(7-13(16)20)25-14(8-15(24-25)17(21,22)23)9-3-2-4-10(18)5-9/h2-8H,1H3. The molecule has 0 N–H and O–H groups in total. The van der Waals surface area contributed by atoms with E-state index in [1.807, 2.05) is 0 Å². The summed E-state index contributed by atoms with van der Waals surface area (Å²) in [6.07, 6.45) is -4.17. The average Bonchev–Trinajstić information content (AvgIpc) is 2.98. The van der Waals surface area contributed by atoms with Gasteiger partial charge in [-0.15, -0.1) is 0 Å². The van der Waals surface area contributed by atoms with Crippen molar-refractivity contribution in [1.29, 1.82) is 0 Å². The first-order valence-corrected chi connectivity index (χ1v) is 10.2. The normalized spacial score (nSPS) is 12.4. The molecule has 2 aromatic carbocycles. The van der Waals surface area contributed by atoms with Crippen LogP contribution in [0, 0.1) is 11.6 Å². The van der Waals surface area contributed by atoms with Crippen molar-refractivity contribution >= 4 is 25.8 Å². The second kappa shape index (κ2) is 6.96. The van der Waals surface area contributed by atoms with Crippen molar-refractivity contribution in [2.24, 2.45) is 0 Å². The van der Waals surface area contributed by atoms with E-state index in [-0.39, 0.29) is 5.69 Å². The monoisotopic (exact) mass is 480 g/mol. The minimum absolute atomic E-state index is 0.0838. The van der Waals surface area contributed by atoms with Crippen LogP contribution >= 0.6 is 15.9 Å². The van der Waals surface area contributed by atoms with Crippen LogP contribution in [0.5, 0.6) is 0 Å². The Morgan fingerprint density at radius 3 is 2.14 bits per heavy atom. The van der Waals surface area contributed by atoms with Crippen molar-refractivity contribution in [3.8, 4) is 16.9 Å². The molecule has 11 heteroatoms. The highest BCUT2D eigenvalue weighted by Crippen LogP contribution is 2.34. The summed E-state index contributed by atoms with van der Waals surface area (Å²) in [6, 6.07) is 8.19. The van der Waals surface area contributed by atoms with Gasteiger partial charge in [0.2, 0.25) is 0 Å². The Morgan fingerprint density at radius 2 is 1.64 bits per heavy atom. The molecule has 0 aliphatic rings. The summed E-state index contributed by atoms with van der Waals surface area (Å²) in [5.74, 6) is -2.86. The van der Waals surface area contributed by atoms with Crippen LogP contribution in [0.1, 0.15) is 5.69 Å². The molecule has 4 nitrogen and oxygen atoms in total. The maximum absolute atomic E-state index is 14.2. The van der Waals surface area contributed by atoms with Gasteiger partial charge in [-0.1, -0.05) is 28.1 Å². The van der Waals surface area contributed by atoms with Crippen molar-refractivity contribution in [1.82, 2.24) is 9.78 Å². The SMILES string of the molecule is CS(=O)(=O)c1c(F)cc(-n2nc(C(F)(F)F)cc2-c2cccc(Br)c2)cc1F. The van der Waals surface area contributed by atoms with Crippen LogP contribution < -0.4 is 0 Å². The molecule has 148 valence electrons. The van der Waals surface area contributed by atoms with Gasteiger partial charge in [-0.2, -0.15) is 18.3 Å². The smallest absolute Gasteiger partial charge is 0.232 e. The molecule has 0 fully saturated rings. The number of nitrogens with zero attached hydrogens (tertiary/aromatic N) is 2. The number of hydrogen-bond acceptors (Lipinski definition) is 3. The molecule has 3 aromatic rings. The summed E-state index contributed by atoms with van der Waals surface area (Å²) in [4.78, 5) is -1.16. The summed E-state index contributed by atoms with van der Waals surface area (Å²) in [6.45, 7) is 0. The van der Waals surface area contributed by atoms with E-state index in [0.717, 1.165) is 6.07 Å². The summed E-state index contributed by atoms with van der Waals surface area (Å²) in [7, 11) is -4.21. The number of aromatic nitrogens is 2. The highest BCUT2D eigenvalue weighted by atomic mass is 79.9. The molecule has 0 saturated carbocycles. The lowest BCUT2D eigenvalue weighted by molar-refractivity contribution is -0.141. The fourth-order valence-corrected chi connectivity index (χ4v) is 3.82. The minimum Gasteiger partial charge on any atom is -0.232 e. The molecular weight excluding hydrogens is 471 g/mol. The molecule has 1 heterocycles. The topological polar surface area (TPSA) is 52.0 Å². The minimum atomic E-state index is -4.80. The van der Waals surface area contributed by atoms with Crippen LogP contribution in [-0.2, 0) is 16.0 Å². The molecule has 0 spiro atoms. The van der Waals surface area contributed by atoms with Gasteiger partial charge in [0, 0.05) is 28.4 Å². The molecule has 1 aromatic heterocycles. The van der Waals surface area contributed by atoms with E-state index in [1.54, 1.807) is 12.1 Å². The van der Waals surface area contributed by atoms with Crippen molar-refractivity contribution in [2.45, 2.75) is 11.1 Å². The van der Waals surface area contributed by atoms with Crippen LogP contribution in [0.3, 0.4) is 0 Å². The quantitative estimate of drug-likeness (QED) is 0.495. The Hall–Kier alpha value is -2.27. The van der Waals surface area contributed by atoms with E-state index in [1.165, 1.54) is 12.1 Å². The Balaban J connectivity index is 2.29. The molecule has 0 radical (unpaired) electrons. The van der Waals surface area contributed by atoms with E-state index in [0.29, 0.717) is 33.1 Å². The molecule has 0 unspecified atom stereocenters. The number of rotatable bonds is 3. The second-order valence-corrected chi connectivity index (χ2v) is 8.71. The molecule has 0 aliphatic heterocycles. The zero-order valence-electron chi connectivity index (χ0n) is 13.9. The number of hydrogen-bond donors (Lipinski definition) is 0. The highest BCUT2D eigenvalue weighted by molar-refractivity contribution is 9.10. The van der Waals surface area contributed by atoms with Gasteiger partial charge < -0.3 is 0 Å². The zero-order chi connectivity index (χ0) is 20.9. The maximum Gasteiger partial charge on any atom is 0.435 e. The van der Waals surface area contributed by atoms with Crippen LogP contribution in [0.4, 0.5) is 22.0 Å². The lowest BCUT2D eigenvalue weighted by Gasteiger charge is -2.10. The van der Waals surface area contributed by atoms with Crippen LogP contribution in [0.15, 0.2) is 51.8 Å².